The molecule has 1 atom stereocenters. The van der Waals surface area contributed by atoms with Gasteiger partial charge in [-0.15, -0.1) is 0 Å². The van der Waals surface area contributed by atoms with E-state index in [0.29, 0.717) is 6.61 Å². The van der Waals surface area contributed by atoms with Gasteiger partial charge in [0, 0.05) is 19.1 Å². The Morgan fingerprint density at radius 2 is 2.27 bits per heavy atom. The van der Waals surface area contributed by atoms with Crippen molar-refractivity contribution in [2.75, 3.05) is 20.8 Å². The monoisotopic (exact) mass is 160 g/mol. The van der Waals surface area contributed by atoms with Crippen LogP contribution >= 0.6 is 0 Å². The van der Waals surface area contributed by atoms with Crippen LogP contribution in [-0.4, -0.2) is 32.2 Å². The molecule has 0 fully saturated rings. The summed E-state index contributed by atoms with van der Waals surface area (Å²) in [5, 5.41) is 2.98. The minimum Gasteiger partial charge on any atom is -0.383 e. The van der Waals surface area contributed by atoms with Crippen LogP contribution in [0.4, 0.5) is 0 Å². The van der Waals surface area contributed by atoms with E-state index < -0.39 is 0 Å². The third-order valence-corrected chi connectivity index (χ3v) is 1.63. The standard InChI is InChI=1S/C7H16N2O2/c1-7(9-2,5-11-3)4-6(8)10/h9H,4-5H2,1-3H3,(H2,8,10). The fourth-order valence-electron chi connectivity index (χ4n) is 0.915. The fraction of sp³-hybridized carbons (Fsp3) is 0.857. The summed E-state index contributed by atoms with van der Waals surface area (Å²) in [4.78, 5) is 10.6. The van der Waals surface area contributed by atoms with Gasteiger partial charge in [0.05, 0.1) is 6.61 Å². The van der Waals surface area contributed by atoms with E-state index in [4.69, 9.17) is 10.5 Å². The number of hydrogen-bond acceptors (Lipinski definition) is 3. The number of amides is 1. The Morgan fingerprint density at radius 1 is 1.73 bits per heavy atom. The first kappa shape index (κ1) is 10.4. The fourth-order valence-corrected chi connectivity index (χ4v) is 0.915. The van der Waals surface area contributed by atoms with Crippen molar-refractivity contribution in [2.45, 2.75) is 18.9 Å². The quantitative estimate of drug-likeness (QED) is 0.569. The number of nitrogens with two attached hydrogens (primary N) is 1. The van der Waals surface area contributed by atoms with E-state index >= 15 is 0 Å². The number of carbonyl (C=O) groups is 1. The maximum atomic E-state index is 10.6. The summed E-state index contributed by atoms with van der Waals surface area (Å²) in [6, 6.07) is 0. The highest BCUT2D eigenvalue weighted by Gasteiger charge is 2.23. The molecule has 11 heavy (non-hydrogen) atoms. The van der Waals surface area contributed by atoms with Crippen LogP contribution in [0.1, 0.15) is 13.3 Å². The number of methoxy groups -OCH3 is 1. The predicted molar refractivity (Wildman–Crippen MR) is 43.2 cm³/mol. The lowest BCUT2D eigenvalue weighted by Crippen LogP contribution is -2.46. The van der Waals surface area contributed by atoms with Gasteiger partial charge in [0.15, 0.2) is 0 Å². The highest BCUT2D eigenvalue weighted by molar-refractivity contribution is 5.75. The zero-order chi connectivity index (χ0) is 8.91. The van der Waals surface area contributed by atoms with Crippen LogP contribution in [0.2, 0.25) is 0 Å². The molecule has 0 aromatic rings. The number of nitrogens with one attached hydrogen (secondary N) is 1. The molecule has 0 radical (unpaired) electrons. The van der Waals surface area contributed by atoms with Gasteiger partial charge < -0.3 is 15.8 Å². The highest BCUT2D eigenvalue weighted by Crippen LogP contribution is 2.07. The number of primary amides is 1. The van der Waals surface area contributed by atoms with E-state index in [9.17, 15) is 4.79 Å². The van der Waals surface area contributed by atoms with Gasteiger partial charge in [-0.2, -0.15) is 0 Å². The minimum absolute atomic E-state index is 0.289. The van der Waals surface area contributed by atoms with Gasteiger partial charge in [0.25, 0.3) is 0 Å². The Kier molecular flexibility index (Phi) is 4.07. The van der Waals surface area contributed by atoms with Gasteiger partial charge in [-0.3, -0.25) is 4.79 Å². The molecule has 0 aliphatic heterocycles. The normalized spacial score (nSPS) is 15.9. The van der Waals surface area contributed by atoms with Crippen LogP contribution in [-0.2, 0) is 9.53 Å². The van der Waals surface area contributed by atoms with Crippen LogP contribution in [0.5, 0.6) is 0 Å². The first-order valence-electron chi connectivity index (χ1n) is 3.50. The van der Waals surface area contributed by atoms with Gasteiger partial charge in [-0.25, -0.2) is 0 Å². The van der Waals surface area contributed by atoms with Crippen molar-refractivity contribution in [1.29, 1.82) is 0 Å². The highest BCUT2D eigenvalue weighted by atomic mass is 16.5. The molecule has 0 aromatic heterocycles. The lowest BCUT2D eigenvalue weighted by molar-refractivity contribution is -0.119. The van der Waals surface area contributed by atoms with Crippen molar-refractivity contribution in [3.63, 3.8) is 0 Å². The molecule has 0 aliphatic carbocycles. The maximum absolute atomic E-state index is 10.6. The largest absolute Gasteiger partial charge is 0.383 e. The lowest BCUT2D eigenvalue weighted by atomic mass is 9.99. The van der Waals surface area contributed by atoms with Crippen molar-refractivity contribution in [2.24, 2.45) is 5.73 Å². The van der Waals surface area contributed by atoms with Gasteiger partial charge in [0.2, 0.25) is 5.91 Å². The van der Waals surface area contributed by atoms with E-state index in [-0.39, 0.29) is 17.9 Å². The molecule has 66 valence electrons. The van der Waals surface area contributed by atoms with Crippen LogP contribution < -0.4 is 11.1 Å². The van der Waals surface area contributed by atoms with Gasteiger partial charge >= 0.3 is 0 Å². The summed E-state index contributed by atoms with van der Waals surface area (Å²) in [7, 11) is 3.37. The molecule has 0 aliphatic rings. The molecule has 0 bridgehead atoms. The molecule has 4 nitrogen and oxygen atoms in total. The second-order valence-corrected chi connectivity index (χ2v) is 2.89. The van der Waals surface area contributed by atoms with E-state index in [2.05, 4.69) is 5.32 Å². The van der Waals surface area contributed by atoms with Crippen LogP contribution in [0.3, 0.4) is 0 Å². The SMILES string of the molecule is CNC(C)(COC)CC(N)=O. The Bertz CT molecular complexity index is 138. The summed E-state index contributed by atoms with van der Waals surface area (Å²) in [6.07, 6.45) is 0.289. The summed E-state index contributed by atoms with van der Waals surface area (Å²) in [5.74, 6) is -0.320. The average molecular weight is 160 g/mol. The molecule has 1 amide bonds. The number of carbonyl (C=O) groups excluding carboxylic acids is 1. The first-order valence-corrected chi connectivity index (χ1v) is 3.50. The second-order valence-electron chi connectivity index (χ2n) is 2.89. The predicted octanol–water partition coefficient (Wildman–Crippen LogP) is -0.514. The number of likely N-dealkylation sites (N-methyl/N-ethyl adjacent to an activating group) is 1. The third kappa shape index (κ3) is 3.95. The average Bonchev–Trinajstić information content (AvgIpc) is 1.87. The molecule has 0 spiro atoms. The molecular weight excluding hydrogens is 144 g/mol. The third-order valence-electron chi connectivity index (χ3n) is 1.63. The van der Waals surface area contributed by atoms with E-state index in [1.807, 2.05) is 6.92 Å². The van der Waals surface area contributed by atoms with Gasteiger partial charge in [-0.05, 0) is 14.0 Å². The first-order chi connectivity index (χ1) is 5.04. The summed E-state index contributed by atoms with van der Waals surface area (Å²) in [6.45, 7) is 2.37. The van der Waals surface area contributed by atoms with Crippen molar-refractivity contribution >= 4 is 5.91 Å². The molecule has 3 N–H and O–H groups in total. The second kappa shape index (κ2) is 4.31. The topological polar surface area (TPSA) is 64.3 Å². The van der Waals surface area contributed by atoms with Crippen molar-refractivity contribution < 1.29 is 9.53 Å². The molecule has 0 rings (SSSR count). The van der Waals surface area contributed by atoms with Crippen LogP contribution in [0, 0.1) is 0 Å². The van der Waals surface area contributed by atoms with E-state index in [0.717, 1.165) is 0 Å². The lowest BCUT2D eigenvalue weighted by Gasteiger charge is -2.26. The smallest absolute Gasteiger partial charge is 0.219 e. The van der Waals surface area contributed by atoms with Crippen molar-refractivity contribution in [3.8, 4) is 0 Å². The summed E-state index contributed by atoms with van der Waals surface area (Å²) < 4.78 is 4.93. The van der Waals surface area contributed by atoms with Gasteiger partial charge in [0.1, 0.15) is 0 Å². The Hall–Kier alpha value is -0.610. The van der Waals surface area contributed by atoms with E-state index in [1.165, 1.54) is 0 Å². The maximum Gasteiger partial charge on any atom is 0.219 e. The molecule has 0 heterocycles. The van der Waals surface area contributed by atoms with Crippen molar-refractivity contribution in [1.82, 2.24) is 5.32 Å². The van der Waals surface area contributed by atoms with Crippen molar-refractivity contribution in [3.05, 3.63) is 0 Å². The summed E-state index contributed by atoms with van der Waals surface area (Å²) >= 11 is 0. The zero-order valence-electron chi connectivity index (χ0n) is 7.31. The number of rotatable bonds is 5. The zero-order valence-corrected chi connectivity index (χ0v) is 7.31. The molecular formula is C7H16N2O2. The molecule has 0 aromatic carbocycles. The Morgan fingerprint density at radius 3 is 2.55 bits per heavy atom. The Labute approximate surface area is 67.1 Å². The van der Waals surface area contributed by atoms with Crippen LogP contribution in [0.15, 0.2) is 0 Å². The minimum atomic E-state index is -0.333. The van der Waals surface area contributed by atoms with Crippen LogP contribution in [0.25, 0.3) is 0 Å². The molecule has 1 unspecified atom stereocenters. The molecule has 0 saturated heterocycles. The number of ether oxygens (including phenoxy) is 1. The summed E-state index contributed by atoms with van der Waals surface area (Å²) in [5.41, 5.74) is 4.72. The van der Waals surface area contributed by atoms with E-state index in [1.54, 1.807) is 14.2 Å². The van der Waals surface area contributed by atoms with Gasteiger partial charge in [-0.1, -0.05) is 0 Å². The Balaban J connectivity index is 3.98. The molecule has 4 heteroatoms. The number of hydrogen-bond donors (Lipinski definition) is 2. The molecule has 0 saturated carbocycles.